The highest BCUT2D eigenvalue weighted by molar-refractivity contribution is 5.66. The molecule has 0 saturated heterocycles. The molecule has 0 aliphatic heterocycles. The van der Waals surface area contributed by atoms with Crippen molar-refractivity contribution in [3.8, 4) is 11.1 Å². The highest BCUT2D eigenvalue weighted by atomic mass is 14.3. The fraction of sp³-hybridized carbons (Fsp3) is 0.611. The van der Waals surface area contributed by atoms with Gasteiger partial charge in [-0.15, -0.1) is 0 Å². The molecule has 0 radical (unpaired) electrons. The van der Waals surface area contributed by atoms with Gasteiger partial charge >= 0.3 is 0 Å². The van der Waals surface area contributed by atoms with Crippen molar-refractivity contribution in [2.24, 2.45) is 17.8 Å². The monoisotopic (exact) mass is 484 g/mol. The van der Waals surface area contributed by atoms with Gasteiger partial charge in [-0.3, -0.25) is 0 Å². The van der Waals surface area contributed by atoms with Crippen molar-refractivity contribution in [3.63, 3.8) is 0 Å². The van der Waals surface area contributed by atoms with Crippen LogP contribution in [0.2, 0.25) is 0 Å². The third kappa shape index (κ3) is 8.36. The smallest absolute Gasteiger partial charge is 0.0162 e. The lowest BCUT2D eigenvalue weighted by Gasteiger charge is -2.29. The summed E-state index contributed by atoms with van der Waals surface area (Å²) < 4.78 is 0. The second-order valence-corrected chi connectivity index (χ2v) is 12.1. The number of hydrogen-bond donors (Lipinski definition) is 0. The zero-order valence-corrected chi connectivity index (χ0v) is 23.4. The lowest BCUT2D eigenvalue weighted by Crippen LogP contribution is -2.13. The second-order valence-electron chi connectivity index (χ2n) is 12.1. The molecule has 0 unspecified atom stereocenters. The van der Waals surface area contributed by atoms with Crippen LogP contribution < -0.4 is 0 Å². The number of rotatable bonds is 12. The van der Waals surface area contributed by atoms with E-state index in [0.717, 1.165) is 23.7 Å². The molecule has 0 amide bonds. The molecule has 0 heterocycles. The van der Waals surface area contributed by atoms with Crippen LogP contribution in [0.5, 0.6) is 0 Å². The summed E-state index contributed by atoms with van der Waals surface area (Å²) in [6.45, 7) is 4.62. The molecule has 0 bridgehead atoms. The van der Waals surface area contributed by atoms with Crippen LogP contribution in [0.4, 0.5) is 0 Å². The highest BCUT2D eigenvalue weighted by Crippen LogP contribution is 2.38. The van der Waals surface area contributed by atoms with Crippen molar-refractivity contribution in [2.45, 2.75) is 122 Å². The van der Waals surface area contributed by atoms with Gasteiger partial charge in [0.1, 0.15) is 0 Å². The molecule has 0 spiro atoms. The van der Waals surface area contributed by atoms with E-state index in [4.69, 9.17) is 0 Å². The van der Waals surface area contributed by atoms with Crippen molar-refractivity contribution in [2.75, 3.05) is 0 Å². The lowest BCUT2D eigenvalue weighted by molar-refractivity contribution is 0.290. The zero-order valence-electron chi connectivity index (χ0n) is 23.4. The Hall–Kier alpha value is -1.82. The van der Waals surface area contributed by atoms with E-state index in [9.17, 15) is 0 Å². The van der Waals surface area contributed by atoms with Crippen molar-refractivity contribution < 1.29 is 0 Å². The molecule has 2 fully saturated rings. The molecular formula is C36H52. The topological polar surface area (TPSA) is 0 Å². The van der Waals surface area contributed by atoms with Crippen LogP contribution in [-0.2, 0) is 0 Å². The third-order valence-electron chi connectivity index (χ3n) is 9.36. The molecule has 2 saturated carbocycles. The number of hydrogen-bond acceptors (Lipinski definition) is 0. The van der Waals surface area contributed by atoms with Gasteiger partial charge in [0, 0.05) is 0 Å². The summed E-state index contributed by atoms with van der Waals surface area (Å²) >= 11 is 0. The summed E-state index contributed by atoms with van der Waals surface area (Å²) in [7, 11) is 0. The van der Waals surface area contributed by atoms with Gasteiger partial charge in [-0.05, 0) is 97.3 Å². The van der Waals surface area contributed by atoms with Crippen molar-refractivity contribution in [1.29, 1.82) is 0 Å². The molecule has 2 aliphatic carbocycles. The van der Waals surface area contributed by atoms with Gasteiger partial charge in [0.25, 0.3) is 0 Å². The van der Waals surface area contributed by atoms with Gasteiger partial charge in [0.15, 0.2) is 0 Å². The molecule has 4 rings (SSSR count). The Morgan fingerprint density at radius 3 is 1.61 bits per heavy atom. The molecule has 2 aromatic carbocycles. The summed E-state index contributed by atoms with van der Waals surface area (Å²) in [6, 6.07) is 18.7. The Labute approximate surface area is 223 Å². The summed E-state index contributed by atoms with van der Waals surface area (Å²) in [5.74, 6) is 3.55. The largest absolute Gasteiger partial charge is 0.0808 e. The van der Waals surface area contributed by atoms with E-state index in [0.29, 0.717) is 0 Å². The van der Waals surface area contributed by atoms with E-state index in [2.05, 4.69) is 74.5 Å². The molecule has 196 valence electrons. The molecular weight excluding hydrogens is 432 g/mol. The van der Waals surface area contributed by atoms with Gasteiger partial charge in [0.2, 0.25) is 0 Å². The number of allylic oxidation sites excluding steroid dienone is 1. The van der Waals surface area contributed by atoms with Gasteiger partial charge in [-0.25, -0.2) is 0 Å². The molecule has 0 N–H and O–H groups in total. The van der Waals surface area contributed by atoms with E-state index in [1.54, 1.807) is 5.56 Å². The summed E-state index contributed by atoms with van der Waals surface area (Å²) in [5, 5.41) is 0. The molecule has 0 nitrogen and oxygen atoms in total. The highest BCUT2D eigenvalue weighted by Gasteiger charge is 2.22. The first-order valence-corrected chi connectivity index (χ1v) is 15.6. The summed E-state index contributed by atoms with van der Waals surface area (Å²) in [6.07, 6.45) is 27.5. The molecule has 36 heavy (non-hydrogen) atoms. The van der Waals surface area contributed by atoms with Crippen LogP contribution in [0.15, 0.2) is 54.6 Å². The number of unbranched alkanes of at least 4 members (excludes halogenated alkanes) is 4. The van der Waals surface area contributed by atoms with Crippen LogP contribution in [0.1, 0.15) is 134 Å². The Balaban J connectivity index is 1.22. The minimum Gasteiger partial charge on any atom is -0.0808 e. The van der Waals surface area contributed by atoms with Crippen molar-refractivity contribution in [3.05, 3.63) is 65.7 Å². The first-order chi connectivity index (χ1) is 17.7. The maximum atomic E-state index is 2.49. The van der Waals surface area contributed by atoms with Crippen LogP contribution in [0.25, 0.3) is 17.2 Å². The first kappa shape index (κ1) is 27.2. The Kier molecular flexibility index (Phi) is 11.2. The predicted octanol–water partition coefficient (Wildman–Crippen LogP) is 11.6. The van der Waals surface area contributed by atoms with E-state index < -0.39 is 0 Å². The molecule has 2 aliphatic rings. The Bertz CT molecular complexity index is 871. The van der Waals surface area contributed by atoms with E-state index in [-0.39, 0.29) is 0 Å². The standard InChI is InChI=1S/C36H52/c1-3-5-7-9-29-11-13-31(14-12-29)15-16-32-19-23-34(24-20-32)36-27-25-35(26-28-36)33-21-17-30(18-22-33)10-8-6-4-2/h15-16,19-20,23-31,33H,3-14,17-18,21-22H2,1-2H3/t29-,30-,31-,33-. The maximum Gasteiger partial charge on any atom is -0.0162 e. The molecule has 2 aromatic rings. The maximum absolute atomic E-state index is 2.49. The van der Waals surface area contributed by atoms with Crippen LogP contribution >= 0.6 is 0 Å². The average Bonchev–Trinajstić information content (AvgIpc) is 2.94. The van der Waals surface area contributed by atoms with Crippen molar-refractivity contribution >= 4 is 6.08 Å². The minimum atomic E-state index is 0.778. The Morgan fingerprint density at radius 2 is 1.08 bits per heavy atom. The third-order valence-corrected chi connectivity index (χ3v) is 9.36. The van der Waals surface area contributed by atoms with E-state index >= 15 is 0 Å². The quantitative estimate of drug-likeness (QED) is 0.263. The minimum absolute atomic E-state index is 0.778. The fourth-order valence-electron chi connectivity index (χ4n) is 6.80. The second kappa shape index (κ2) is 14.8. The van der Waals surface area contributed by atoms with Gasteiger partial charge in [-0.2, -0.15) is 0 Å². The summed E-state index contributed by atoms with van der Waals surface area (Å²) in [4.78, 5) is 0. The zero-order chi connectivity index (χ0) is 25.0. The number of benzene rings is 2. The first-order valence-electron chi connectivity index (χ1n) is 15.6. The molecule has 0 heteroatoms. The van der Waals surface area contributed by atoms with Crippen LogP contribution in [0.3, 0.4) is 0 Å². The summed E-state index contributed by atoms with van der Waals surface area (Å²) in [5.41, 5.74) is 5.59. The van der Waals surface area contributed by atoms with E-state index in [1.807, 2.05) is 0 Å². The van der Waals surface area contributed by atoms with Gasteiger partial charge in [-0.1, -0.05) is 126 Å². The molecule has 0 atom stereocenters. The van der Waals surface area contributed by atoms with Crippen LogP contribution in [-0.4, -0.2) is 0 Å². The average molecular weight is 485 g/mol. The van der Waals surface area contributed by atoms with Gasteiger partial charge < -0.3 is 0 Å². The van der Waals surface area contributed by atoms with Crippen molar-refractivity contribution in [1.82, 2.24) is 0 Å². The van der Waals surface area contributed by atoms with Crippen LogP contribution in [0, 0.1) is 17.8 Å². The fourth-order valence-corrected chi connectivity index (χ4v) is 6.80. The molecule has 0 aromatic heterocycles. The SMILES string of the molecule is CCCCC[C@H]1CC[C@H](C=Cc2ccc(-c3ccc([C@H]4CC[C@H](CCCCC)CC4)cc3)cc2)CC1. The Morgan fingerprint density at radius 1 is 0.583 bits per heavy atom. The lowest BCUT2D eigenvalue weighted by atomic mass is 9.77. The van der Waals surface area contributed by atoms with E-state index in [1.165, 1.54) is 119 Å². The normalized spacial score (nSPS) is 24.8. The van der Waals surface area contributed by atoms with Gasteiger partial charge in [0.05, 0.1) is 0 Å². The predicted molar refractivity (Wildman–Crippen MR) is 159 cm³/mol.